The predicted octanol–water partition coefficient (Wildman–Crippen LogP) is 0.899. The molecular weight excluding hydrogens is 306 g/mol. The number of anilines is 1. The Labute approximate surface area is 131 Å². The molecule has 0 aliphatic carbocycles. The number of benzene rings is 1. The molecular formula is C13H15N5O3S. The summed E-state index contributed by atoms with van der Waals surface area (Å²) in [5.74, 6) is 4.88. The fourth-order valence-electron chi connectivity index (χ4n) is 1.63. The Morgan fingerprint density at radius 2 is 2.18 bits per heavy atom. The zero-order valence-electron chi connectivity index (χ0n) is 11.9. The highest BCUT2D eigenvalue weighted by atomic mass is 32.2. The molecule has 8 nitrogen and oxygen atoms in total. The van der Waals surface area contributed by atoms with Crippen LogP contribution in [-0.2, 0) is 9.53 Å². The Kier molecular flexibility index (Phi) is 5.37. The van der Waals surface area contributed by atoms with Gasteiger partial charge >= 0.3 is 5.97 Å². The summed E-state index contributed by atoms with van der Waals surface area (Å²) in [4.78, 5) is 23.8. The lowest BCUT2D eigenvalue weighted by Crippen LogP contribution is -2.18. The van der Waals surface area contributed by atoms with Gasteiger partial charge in [-0.1, -0.05) is 23.9 Å². The summed E-state index contributed by atoms with van der Waals surface area (Å²) in [6.07, 6.45) is 1.34. The van der Waals surface area contributed by atoms with Crippen molar-refractivity contribution < 1.29 is 14.3 Å². The maximum Gasteiger partial charge on any atom is 0.340 e. The summed E-state index contributed by atoms with van der Waals surface area (Å²) < 4.78 is 6.18. The van der Waals surface area contributed by atoms with Crippen LogP contribution in [0.4, 0.5) is 5.69 Å². The van der Waals surface area contributed by atoms with E-state index >= 15 is 0 Å². The molecule has 3 N–H and O–H groups in total. The first-order valence-corrected chi connectivity index (χ1v) is 7.44. The van der Waals surface area contributed by atoms with E-state index in [9.17, 15) is 9.59 Å². The van der Waals surface area contributed by atoms with Crippen LogP contribution in [0.25, 0.3) is 0 Å². The number of nitrogens with zero attached hydrogens (tertiary/aromatic N) is 3. The quantitative estimate of drug-likeness (QED) is 0.462. The van der Waals surface area contributed by atoms with Gasteiger partial charge in [0, 0.05) is 0 Å². The molecule has 1 aromatic carbocycles. The van der Waals surface area contributed by atoms with Crippen LogP contribution in [0.1, 0.15) is 17.3 Å². The summed E-state index contributed by atoms with van der Waals surface area (Å²) in [5, 5.41) is 10.5. The van der Waals surface area contributed by atoms with Gasteiger partial charge in [-0.25, -0.2) is 9.47 Å². The van der Waals surface area contributed by atoms with Gasteiger partial charge < -0.3 is 15.9 Å². The molecule has 1 aromatic heterocycles. The van der Waals surface area contributed by atoms with Crippen molar-refractivity contribution in [2.45, 2.75) is 12.1 Å². The number of ether oxygens (including phenoxy) is 1. The Hall–Kier alpha value is -2.55. The number of esters is 1. The lowest BCUT2D eigenvalue weighted by atomic mass is 10.2. The minimum Gasteiger partial charge on any atom is -0.462 e. The highest BCUT2D eigenvalue weighted by Crippen LogP contribution is 2.18. The largest absolute Gasteiger partial charge is 0.462 e. The molecule has 2 rings (SSSR count). The highest BCUT2D eigenvalue weighted by molar-refractivity contribution is 7.99. The van der Waals surface area contributed by atoms with Gasteiger partial charge in [-0.15, -0.1) is 10.2 Å². The Morgan fingerprint density at radius 1 is 1.41 bits per heavy atom. The number of thioether (sulfide) groups is 1. The van der Waals surface area contributed by atoms with Crippen LogP contribution in [0, 0.1) is 0 Å². The van der Waals surface area contributed by atoms with E-state index in [0.29, 0.717) is 16.4 Å². The molecule has 0 fully saturated rings. The van der Waals surface area contributed by atoms with Crippen LogP contribution in [0.5, 0.6) is 0 Å². The number of nitrogens with one attached hydrogen (secondary N) is 1. The number of carbonyl (C=O) groups excluding carboxylic acids is 2. The smallest absolute Gasteiger partial charge is 0.340 e. The third kappa shape index (κ3) is 3.98. The molecule has 0 saturated heterocycles. The van der Waals surface area contributed by atoms with Crippen molar-refractivity contribution in [2.24, 2.45) is 0 Å². The monoisotopic (exact) mass is 321 g/mol. The van der Waals surface area contributed by atoms with Crippen LogP contribution in [0.2, 0.25) is 0 Å². The zero-order chi connectivity index (χ0) is 15.9. The molecule has 0 unspecified atom stereocenters. The zero-order valence-corrected chi connectivity index (χ0v) is 12.7. The first-order chi connectivity index (χ1) is 10.6. The number of aromatic nitrogens is 3. The third-order valence-electron chi connectivity index (χ3n) is 2.57. The summed E-state index contributed by atoms with van der Waals surface area (Å²) in [6, 6.07) is 6.66. The standard InChI is InChI=1S/C13H15N5O3S/c1-2-21-12(20)9-5-3-4-6-10(9)16-11(19)7-22-13-17-15-8-18(13)14/h3-6,8H,2,7,14H2,1H3,(H,16,19). The van der Waals surface area contributed by atoms with E-state index in [1.807, 2.05) is 0 Å². The van der Waals surface area contributed by atoms with E-state index in [4.69, 9.17) is 10.6 Å². The molecule has 116 valence electrons. The molecule has 1 heterocycles. The van der Waals surface area contributed by atoms with Crippen molar-refractivity contribution in [3.63, 3.8) is 0 Å². The van der Waals surface area contributed by atoms with Gasteiger partial charge in [-0.3, -0.25) is 4.79 Å². The molecule has 2 aromatic rings. The first-order valence-electron chi connectivity index (χ1n) is 6.45. The van der Waals surface area contributed by atoms with Crippen molar-refractivity contribution in [2.75, 3.05) is 23.5 Å². The van der Waals surface area contributed by atoms with E-state index in [1.165, 1.54) is 11.0 Å². The summed E-state index contributed by atoms with van der Waals surface area (Å²) in [7, 11) is 0. The number of nitrogens with two attached hydrogens (primary N) is 1. The second kappa shape index (κ2) is 7.46. The number of carbonyl (C=O) groups is 2. The fraction of sp³-hybridized carbons (Fsp3) is 0.231. The van der Waals surface area contributed by atoms with Gasteiger partial charge in [0.2, 0.25) is 11.1 Å². The minimum absolute atomic E-state index is 0.0903. The number of hydrogen-bond donors (Lipinski definition) is 2. The van der Waals surface area contributed by atoms with E-state index in [0.717, 1.165) is 11.8 Å². The molecule has 9 heteroatoms. The van der Waals surface area contributed by atoms with Crippen molar-refractivity contribution in [3.05, 3.63) is 36.2 Å². The fourth-order valence-corrected chi connectivity index (χ4v) is 2.26. The van der Waals surface area contributed by atoms with E-state index in [1.54, 1.807) is 31.2 Å². The minimum atomic E-state index is -0.479. The highest BCUT2D eigenvalue weighted by Gasteiger charge is 2.14. The van der Waals surface area contributed by atoms with Crippen molar-refractivity contribution in [1.29, 1.82) is 0 Å². The maximum absolute atomic E-state index is 12.0. The molecule has 0 spiro atoms. The summed E-state index contributed by atoms with van der Waals surface area (Å²) >= 11 is 1.14. The van der Waals surface area contributed by atoms with E-state index < -0.39 is 5.97 Å². The van der Waals surface area contributed by atoms with Crippen molar-refractivity contribution in [1.82, 2.24) is 14.9 Å². The van der Waals surface area contributed by atoms with Gasteiger partial charge in [0.25, 0.3) is 0 Å². The van der Waals surface area contributed by atoms with Crippen LogP contribution in [-0.4, -0.2) is 39.1 Å². The van der Waals surface area contributed by atoms with Crippen molar-refractivity contribution >= 4 is 29.3 Å². The first kappa shape index (κ1) is 15.8. The number of hydrogen-bond acceptors (Lipinski definition) is 7. The lowest BCUT2D eigenvalue weighted by molar-refractivity contribution is -0.113. The van der Waals surface area contributed by atoms with E-state index in [2.05, 4.69) is 15.5 Å². The van der Waals surface area contributed by atoms with E-state index in [-0.39, 0.29) is 18.3 Å². The summed E-state index contributed by atoms with van der Waals surface area (Å²) in [6.45, 7) is 1.99. The average molecular weight is 321 g/mol. The molecule has 0 aliphatic heterocycles. The maximum atomic E-state index is 12.0. The normalized spacial score (nSPS) is 10.2. The van der Waals surface area contributed by atoms with Crippen LogP contribution >= 0.6 is 11.8 Å². The number of nitrogen functional groups attached to an aromatic ring is 1. The SMILES string of the molecule is CCOC(=O)c1ccccc1NC(=O)CSc1nncn1N. The van der Waals surface area contributed by atoms with Gasteiger partial charge in [0.1, 0.15) is 6.33 Å². The topological polar surface area (TPSA) is 112 Å². The van der Waals surface area contributed by atoms with Gasteiger partial charge in [-0.05, 0) is 19.1 Å². The Morgan fingerprint density at radius 3 is 2.86 bits per heavy atom. The predicted molar refractivity (Wildman–Crippen MR) is 81.9 cm³/mol. The Bertz CT molecular complexity index is 673. The number of amides is 1. The lowest BCUT2D eigenvalue weighted by Gasteiger charge is -2.10. The van der Waals surface area contributed by atoms with Gasteiger partial charge in [0.15, 0.2) is 0 Å². The molecule has 0 saturated carbocycles. The molecule has 22 heavy (non-hydrogen) atoms. The second-order valence-electron chi connectivity index (χ2n) is 4.12. The molecule has 0 radical (unpaired) electrons. The van der Waals surface area contributed by atoms with Crippen LogP contribution < -0.4 is 11.2 Å². The summed E-state index contributed by atoms with van der Waals surface area (Å²) in [5.41, 5.74) is 0.713. The third-order valence-corrected chi connectivity index (χ3v) is 3.53. The molecule has 0 bridgehead atoms. The molecule has 0 aliphatic rings. The van der Waals surface area contributed by atoms with Gasteiger partial charge in [0.05, 0.1) is 23.6 Å². The van der Waals surface area contributed by atoms with Crippen LogP contribution in [0.15, 0.2) is 35.7 Å². The van der Waals surface area contributed by atoms with Crippen molar-refractivity contribution in [3.8, 4) is 0 Å². The number of rotatable bonds is 6. The Balaban J connectivity index is 1.99. The average Bonchev–Trinajstić information content (AvgIpc) is 2.91. The number of para-hydroxylation sites is 1. The van der Waals surface area contributed by atoms with Crippen LogP contribution in [0.3, 0.4) is 0 Å². The molecule has 1 amide bonds. The second-order valence-corrected chi connectivity index (χ2v) is 5.07. The van der Waals surface area contributed by atoms with Gasteiger partial charge in [-0.2, -0.15) is 0 Å². The molecule has 0 atom stereocenters.